The normalized spacial score (nSPS) is 15.7. The first-order valence-electron chi connectivity index (χ1n) is 19.7. The highest BCUT2D eigenvalue weighted by Crippen LogP contribution is 2.50. The second kappa shape index (κ2) is 14.0. The quantitative estimate of drug-likeness (QED) is 0.160. The van der Waals surface area contributed by atoms with Crippen LogP contribution in [0.2, 0.25) is 0 Å². The SMILES string of the molecule is C1=CC2Sc3ccccc3C2C=C1n1c2ccccc2c2cc(-c3ccc(N(c4ccc(-c5ccccc5)cc4)c4ccc(-c5ccccc5)cc4)cc3)ccc21. The molecule has 0 fully saturated rings. The Kier molecular flexibility index (Phi) is 8.26. The summed E-state index contributed by atoms with van der Waals surface area (Å²) in [4.78, 5) is 3.75. The van der Waals surface area contributed by atoms with Gasteiger partial charge in [0, 0.05) is 49.6 Å². The number of para-hydroxylation sites is 1. The molecule has 2 aliphatic rings. The molecule has 0 saturated heterocycles. The first-order chi connectivity index (χ1) is 28.2. The maximum absolute atomic E-state index is 2.48. The van der Waals surface area contributed by atoms with E-state index in [0.717, 1.165) is 17.1 Å². The highest BCUT2D eigenvalue weighted by molar-refractivity contribution is 8.00. The van der Waals surface area contributed by atoms with Crippen molar-refractivity contribution >= 4 is 56.3 Å². The second-order valence-corrected chi connectivity index (χ2v) is 16.1. The average Bonchev–Trinajstić information content (AvgIpc) is 3.83. The Hall–Kier alpha value is -6.81. The fraction of sp³-hybridized carbons (Fsp3) is 0.0370. The molecule has 0 N–H and O–H groups in total. The molecule has 2 heterocycles. The minimum Gasteiger partial charge on any atom is -0.311 e. The number of benzene rings is 8. The third-order valence-electron chi connectivity index (χ3n) is 11.6. The number of aromatic nitrogens is 1. The van der Waals surface area contributed by atoms with Crippen LogP contribution in [0.4, 0.5) is 17.1 Å². The Morgan fingerprint density at radius 3 is 1.54 bits per heavy atom. The van der Waals surface area contributed by atoms with Gasteiger partial charge in [-0.25, -0.2) is 0 Å². The van der Waals surface area contributed by atoms with E-state index in [9.17, 15) is 0 Å². The number of fused-ring (bicyclic) bond motifs is 6. The number of hydrogen-bond donors (Lipinski definition) is 0. The summed E-state index contributed by atoms with van der Waals surface area (Å²) in [7, 11) is 0. The molecule has 0 spiro atoms. The molecule has 1 aromatic heterocycles. The largest absolute Gasteiger partial charge is 0.311 e. The van der Waals surface area contributed by atoms with Crippen LogP contribution in [0.3, 0.4) is 0 Å². The molecule has 0 amide bonds. The molecule has 11 rings (SSSR count). The maximum Gasteiger partial charge on any atom is 0.0541 e. The molecule has 3 heteroatoms. The Morgan fingerprint density at radius 1 is 0.421 bits per heavy atom. The summed E-state index contributed by atoms with van der Waals surface area (Å²) in [6, 6.07) is 72.7. The summed E-state index contributed by atoms with van der Waals surface area (Å²) in [5.41, 5.74) is 15.7. The van der Waals surface area contributed by atoms with Crippen molar-refractivity contribution < 1.29 is 0 Å². The molecule has 2 unspecified atom stereocenters. The van der Waals surface area contributed by atoms with E-state index < -0.39 is 0 Å². The molecular weight excluding hydrogens is 709 g/mol. The van der Waals surface area contributed by atoms with Gasteiger partial charge in [0.25, 0.3) is 0 Å². The predicted octanol–water partition coefficient (Wildman–Crippen LogP) is 14.9. The van der Waals surface area contributed by atoms with Crippen LogP contribution in [0.5, 0.6) is 0 Å². The number of thioether (sulfide) groups is 1. The molecule has 270 valence electrons. The van der Waals surface area contributed by atoms with Gasteiger partial charge in [-0.1, -0.05) is 152 Å². The molecule has 1 aliphatic carbocycles. The zero-order chi connectivity index (χ0) is 37.7. The summed E-state index contributed by atoms with van der Waals surface area (Å²) in [5.74, 6) is 0.378. The first kappa shape index (κ1) is 33.5. The van der Waals surface area contributed by atoms with E-state index in [2.05, 4.69) is 228 Å². The van der Waals surface area contributed by atoms with Crippen LogP contribution < -0.4 is 4.90 Å². The topological polar surface area (TPSA) is 8.17 Å². The maximum atomic E-state index is 2.48. The lowest BCUT2D eigenvalue weighted by Crippen LogP contribution is -2.11. The van der Waals surface area contributed by atoms with E-state index in [1.54, 1.807) is 0 Å². The number of nitrogens with zero attached hydrogens (tertiary/aromatic N) is 2. The van der Waals surface area contributed by atoms with E-state index in [4.69, 9.17) is 0 Å². The van der Waals surface area contributed by atoms with Gasteiger partial charge in [-0.05, 0) is 106 Å². The summed E-state index contributed by atoms with van der Waals surface area (Å²) >= 11 is 1.98. The van der Waals surface area contributed by atoms with Crippen molar-refractivity contribution in [1.29, 1.82) is 0 Å². The monoisotopic (exact) mass is 746 g/mol. The predicted molar refractivity (Wildman–Crippen MR) is 243 cm³/mol. The lowest BCUT2D eigenvalue weighted by Gasteiger charge is -2.26. The van der Waals surface area contributed by atoms with Crippen LogP contribution in [0.1, 0.15) is 11.5 Å². The molecular formula is C54H38N2S. The van der Waals surface area contributed by atoms with Crippen LogP contribution >= 0.6 is 11.8 Å². The Balaban J connectivity index is 0.958. The number of hydrogen-bond acceptors (Lipinski definition) is 2. The van der Waals surface area contributed by atoms with Gasteiger partial charge < -0.3 is 9.47 Å². The van der Waals surface area contributed by atoms with Crippen LogP contribution in [0.25, 0.3) is 60.9 Å². The minimum atomic E-state index is 0.378. The van der Waals surface area contributed by atoms with Gasteiger partial charge in [0.2, 0.25) is 0 Å². The summed E-state index contributed by atoms with van der Waals surface area (Å²) in [6.07, 6.45) is 7.21. The third-order valence-corrected chi connectivity index (χ3v) is 12.9. The number of rotatable bonds is 7. The number of anilines is 3. The highest BCUT2D eigenvalue weighted by atomic mass is 32.2. The summed E-state index contributed by atoms with van der Waals surface area (Å²) in [6.45, 7) is 0. The number of allylic oxidation sites excluding steroid dienone is 3. The molecule has 0 saturated carbocycles. The van der Waals surface area contributed by atoms with Gasteiger partial charge in [-0.3, -0.25) is 0 Å². The molecule has 0 radical (unpaired) electrons. The van der Waals surface area contributed by atoms with Crippen LogP contribution in [0, 0.1) is 0 Å². The lowest BCUT2D eigenvalue weighted by molar-refractivity contribution is 0.876. The van der Waals surface area contributed by atoms with Gasteiger partial charge in [-0.15, -0.1) is 11.8 Å². The molecule has 57 heavy (non-hydrogen) atoms. The van der Waals surface area contributed by atoms with E-state index in [1.165, 1.54) is 71.3 Å². The van der Waals surface area contributed by atoms with Crippen molar-refractivity contribution in [3.63, 3.8) is 0 Å². The molecule has 1 aliphatic heterocycles. The van der Waals surface area contributed by atoms with E-state index >= 15 is 0 Å². The molecule has 0 bridgehead atoms. The Morgan fingerprint density at radius 2 is 0.912 bits per heavy atom. The van der Waals surface area contributed by atoms with Crippen LogP contribution in [0.15, 0.2) is 223 Å². The van der Waals surface area contributed by atoms with E-state index in [-0.39, 0.29) is 0 Å². The van der Waals surface area contributed by atoms with Crippen LogP contribution in [-0.4, -0.2) is 9.82 Å². The van der Waals surface area contributed by atoms with Crippen molar-refractivity contribution in [2.45, 2.75) is 16.1 Å². The van der Waals surface area contributed by atoms with Crippen molar-refractivity contribution in [3.8, 4) is 33.4 Å². The van der Waals surface area contributed by atoms with Crippen molar-refractivity contribution in [1.82, 2.24) is 4.57 Å². The molecule has 2 atom stereocenters. The van der Waals surface area contributed by atoms with Crippen molar-refractivity contribution in [2.75, 3.05) is 4.90 Å². The Labute approximate surface area is 337 Å². The standard InChI is InChI=1S/C54H38N2S/c1-3-11-37(12-4-1)39-19-26-43(27-20-39)55(44-28-21-40(22-29-44)38-13-5-2-6-14-38)45-30-23-41(24-31-45)42-25-33-52-49(35-42)47-15-7-9-17-51(47)56(52)46-32-34-54-50(36-46)48-16-8-10-18-53(48)57-54/h1-36,50,54H. The molecule has 9 aromatic rings. The van der Waals surface area contributed by atoms with Gasteiger partial charge in [0.15, 0.2) is 0 Å². The lowest BCUT2D eigenvalue weighted by atomic mass is 9.91. The first-order valence-corrected chi connectivity index (χ1v) is 20.5. The molecule has 8 aromatic carbocycles. The minimum absolute atomic E-state index is 0.378. The van der Waals surface area contributed by atoms with Gasteiger partial charge in [0.05, 0.1) is 11.0 Å². The van der Waals surface area contributed by atoms with E-state index in [1.807, 2.05) is 11.8 Å². The summed E-state index contributed by atoms with van der Waals surface area (Å²) < 4.78 is 2.46. The Bertz CT molecular complexity index is 2880. The second-order valence-electron chi connectivity index (χ2n) is 14.9. The van der Waals surface area contributed by atoms with Gasteiger partial charge in [0.1, 0.15) is 0 Å². The van der Waals surface area contributed by atoms with Crippen molar-refractivity contribution in [2.24, 2.45) is 0 Å². The van der Waals surface area contributed by atoms with Crippen molar-refractivity contribution in [3.05, 3.63) is 224 Å². The zero-order valence-electron chi connectivity index (χ0n) is 31.2. The highest BCUT2D eigenvalue weighted by Gasteiger charge is 2.32. The fourth-order valence-corrected chi connectivity index (χ4v) is 10.1. The summed E-state index contributed by atoms with van der Waals surface area (Å²) in [5, 5.41) is 2.99. The smallest absolute Gasteiger partial charge is 0.0541 e. The zero-order valence-corrected chi connectivity index (χ0v) is 32.1. The van der Waals surface area contributed by atoms with E-state index in [0.29, 0.717) is 11.2 Å². The fourth-order valence-electron chi connectivity index (χ4n) is 8.73. The van der Waals surface area contributed by atoms with Crippen LogP contribution in [-0.2, 0) is 0 Å². The van der Waals surface area contributed by atoms with Gasteiger partial charge in [-0.2, -0.15) is 0 Å². The third kappa shape index (κ3) is 5.99. The van der Waals surface area contributed by atoms with Gasteiger partial charge >= 0.3 is 0 Å². The molecule has 2 nitrogen and oxygen atoms in total. The average molecular weight is 747 g/mol.